The van der Waals surface area contributed by atoms with Crippen molar-refractivity contribution in [3.8, 4) is 0 Å². The Balaban J connectivity index is 1.60. The van der Waals surface area contributed by atoms with E-state index in [0.29, 0.717) is 37.1 Å². The van der Waals surface area contributed by atoms with Crippen LogP contribution in [0.4, 0.5) is 0 Å². The van der Waals surface area contributed by atoms with Crippen molar-refractivity contribution in [2.45, 2.75) is 69.9 Å². The largest absolute Gasteiger partial charge is 0.339 e. The molecule has 2 fully saturated rings. The highest BCUT2D eigenvalue weighted by atomic mass is 32.2. The zero-order valence-corrected chi connectivity index (χ0v) is 18.8. The van der Waals surface area contributed by atoms with Crippen LogP contribution in [0.3, 0.4) is 0 Å². The zero-order valence-electron chi connectivity index (χ0n) is 18.0. The molecule has 0 bridgehead atoms. The molecule has 0 unspecified atom stereocenters. The van der Waals surface area contributed by atoms with Crippen LogP contribution in [0.2, 0.25) is 0 Å². The molecule has 1 amide bonds. The lowest BCUT2D eigenvalue weighted by Gasteiger charge is -2.40. The highest BCUT2D eigenvalue weighted by Gasteiger charge is 2.34. The lowest BCUT2D eigenvalue weighted by atomic mass is 9.93. The summed E-state index contributed by atoms with van der Waals surface area (Å²) in [5.74, 6) is 0.189. The third kappa shape index (κ3) is 5.01. The molecule has 1 heterocycles. The van der Waals surface area contributed by atoms with E-state index >= 15 is 0 Å². The Hall–Kier alpha value is -1.44. The smallest absolute Gasteiger partial charge is 0.243 e. The fourth-order valence-electron chi connectivity index (χ4n) is 4.57. The first kappa shape index (κ1) is 22.2. The summed E-state index contributed by atoms with van der Waals surface area (Å²) in [5.41, 5.74) is 1.04. The van der Waals surface area contributed by atoms with Crippen LogP contribution in [0.15, 0.2) is 29.2 Å². The average molecular weight is 422 g/mol. The number of hydrogen-bond donors (Lipinski definition) is 0. The predicted molar refractivity (Wildman–Crippen MR) is 115 cm³/mol. The van der Waals surface area contributed by atoms with Gasteiger partial charge in [0.25, 0.3) is 0 Å². The van der Waals surface area contributed by atoms with Gasteiger partial charge in [0, 0.05) is 38.8 Å². The second-order valence-electron chi connectivity index (χ2n) is 8.35. The number of likely N-dealkylation sites (N-methyl/N-ethyl adjacent to an activating group) is 1. The lowest BCUT2D eigenvalue weighted by Crippen LogP contribution is -2.56. The molecule has 0 spiro atoms. The van der Waals surface area contributed by atoms with E-state index in [9.17, 15) is 13.2 Å². The molecule has 29 heavy (non-hydrogen) atoms. The molecule has 1 aliphatic heterocycles. The summed E-state index contributed by atoms with van der Waals surface area (Å²) in [6, 6.07) is 7.16. The van der Waals surface area contributed by atoms with E-state index in [-0.39, 0.29) is 11.9 Å². The first-order valence-electron chi connectivity index (χ1n) is 11.0. The highest BCUT2D eigenvalue weighted by molar-refractivity contribution is 7.89. The number of sulfonamides is 1. The van der Waals surface area contributed by atoms with Gasteiger partial charge in [-0.2, -0.15) is 4.31 Å². The van der Waals surface area contributed by atoms with Gasteiger partial charge in [0.1, 0.15) is 0 Å². The zero-order chi connectivity index (χ0) is 21.0. The second kappa shape index (κ2) is 9.58. The molecule has 1 atom stereocenters. The molecule has 1 saturated carbocycles. The molecule has 0 N–H and O–H groups in total. The molecule has 0 aromatic heterocycles. The van der Waals surface area contributed by atoms with E-state index in [1.807, 2.05) is 26.0 Å². The summed E-state index contributed by atoms with van der Waals surface area (Å²) in [5, 5.41) is 0. The lowest BCUT2D eigenvalue weighted by molar-refractivity contribution is -0.139. The average Bonchev–Trinajstić information content (AvgIpc) is 2.75. The van der Waals surface area contributed by atoms with Crippen molar-refractivity contribution in [1.82, 2.24) is 14.1 Å². The van der Waals surface area contributed by atoms with Crippen LogP contribution in [0, 0.1) is 6.92 Å². The Kier molecular flexibility index (Phi) is 7.35. The number of aryl methyl sites for hydroxylation is 1. The molecule has 2 aliphatic rings. The van der Waals surface area contributed by atoms with Gasteiger partial charge < -0.3 is 4.90 Å². The first-order valence-corrected chi connectivity index (χ1v) is 12.4. The third-order valence-corrected chi connectivity index (χ3v) is 8.39. The molecule has 162 valence electrons. The number of nitrogens with zero attached hydrogens (tertiary/aromatic N) is 3. The van der Waals surface area contributed by atoms with Crippen molar-refractivity contribution in [2.24, 2.45) is 0 Å². The highest BCUT2D eigenvalue weighted by Crippen LogP contribution is 2.24. The minimum Gasteiger partial charge on any atom is -0.339 e. The van der Waals surface area contributed by atoms with Crippen LogP contribution in [0.5, 0.6) is 0 Å². The third-order valence-electron chi connectivity index (χ3n) is 6.48. The van der Waals surface area contributed by atoms with Crippen LogP contribution in [-0.4, -0.2) is 73.2 Å². The molecular formula is C22H35N3O3S. The number of rotatable bonds is 6. The van der Waals surface area contributed by atoms with Crippen molar-refractivity contribution in [1.29, 1.82) is 0 Å². The monoisotopic (exact) mass is 421 g/mol. The number of carbonyl (C=O) groups excluding carboxylic acids is 1. The number of benzene rings is 1. The topological polar surface area (TPSA) is 60.9 Å². The number of amides is 1. The summed E-state index contributed by atoms with van der Waals surface area (Å²) >= 11 is 0. The van der Waals surface area contributed by atoms with Crippen LogP contribution >= 0.6 is 0 Å². The van der Waals surface area contributed by atoms with E-state index < -0.39 is 10.0 Å². The van der Waals surface area contributed by atoms with E-state index in [1.54, 1.807) is 16.4 Å². The van der Waals surface area contributed by atoms with Gasteiger partial charge in [-0.05, 0) is 45.7 Å². The Morgan fingerprint density at radius 2 is 1.66 bits per heavy atom. The molecule has 3 rings (SSSR count). The molecular weight excluding hydrogens is 386 g/mol. The minimum absolute atomic E-state index is 0.189. The van der Waals surface area contributed by atoms with Crippen molar-refractivity contribution < 1.29 is 13.2 Å². The maximum Gasteiger partial charge on any atom is 0.243 e. The summed E-state index contributed by atoms with van der Waals surface area (Å²) in [4.78, 5) is 17.7. The normalized spacial score (nSPS) is 21.1. The molecule has 1 aromatic rings. The van der Waals surface area contributed by atoms with Gasteiger partial charge >= 0.3 is 0 Å². The molecule has 0 radical (unpaired) electrons. The summed E-state index contributed by atoms with van der Waals surface area (Å²) < 4.78 is 27.4. The van der Waals surface area contributed by atoms with Crippen LogP contribution in [0.25, 0.3) is 0 Å². The van der Waals surface area contributed by atoms with Gasteiger partial charge in [-0.3, -0.25) is 9.69 Å². The first-order chi connectivity index (χ1) is 13.8. The van der Waals surface area contributed by atoms with Crippen LogP contribution in [-0.2, 0) is 14.8 Å². The summed E-state index contributed by atoms with van der Waals surface area (Å²) in [6.45, 7) is 8.73. The summed E-state index contributed by atoms with van der Waals surface area (Å²) in [6.07, 6.45) is 5.90. The van der Waals surface area contributed by atoms with Gasteiger partial charge in [-0.25, -0.2) is 8.42 Å². The minimum atomic E-state index is -3.47. The SMILES string of the molecule is CCN(C(=O)[C@H](C)N1CCN(S(=O)(=O)c2ccc(C)cc2)CC1)C1CCCCC1. The van der Waals surface area contributed by atoms with Crippen LogP contribution in [0.1, 0.15) is 51.5 Å². The van der Waals surface area contributed by atoms with Crippen molar-refractivity contribution in [3.63, 3.8) is 0 Å². The van der Waals surface area contributed by atoms with Crippen molar-refractivity contribution >= 4 is 15.9 Å². The summed E-state index contributed by atoms with van der Waals surface area (Å²) in [7, 11) is -3.47. The van der Waals surface area contributed by atoms with E-state index in [0.717, 1.165) is 24.9 Å². The van der Waals surface area contributed by atoms with Gasteiger partial charge in [0.15, 0.2) is 0 Å². The maximum absolute atomic E-state index is 13.2. The van der Waals surface area contributed by atoms with E-state index in [2.05, 4.69) is 16.7 Å². The fourth-order valence-corrected chi connectivity index (χ4v) is 6.00. The second-order valence-corrected chi connectivity index (χ2v) is 10.3. The van der Waals surface area contributed by atoms with Crippen molar-refractivity contribution in [3.05, 3.63) is 29.8 Å². The molecule has 1 saturated heterocycles. The van der Waals surface area contributed by atoms with Crippen LogP contribution < -0.4 is 0 Å². The van der Waals surface area contributed by atoms with Gasteiger partial charge in [0.05, 0.1) is 10.9 Å². The predicted octanol–water partition coefficient (Wildman–Crippen LogP) is 2.87. The van der Waals surface area contributed by atoms with E-state index in [1.165, 1.54) is 19.3 Å². The Morgan fingerprint density at radius 1 is 1.07 bits per heavy atom. The number of carbonyl (C=O) groups is 1. The van der Waals surface area contributed by atoms with Gasteiger partial charge in [0.2, 0.25) is 15.9 Å². The van der Waals surface area contributed by atoms with Crippen molar-refractivity contribution in [2.75, 3.05) is 32.7 Å². The molecule has 1 aromatic carbocycles. The Labute approximate surface area is 175 Å². The van der Waals surface area contributed by atoms with Gasteiger partial charge in [-0.1, -0.05) is 37.0 Å². The Bertz CT molecular complexity index is 780. The quantitative estimate of drug-likeness (QED) is 0.709. The number of hydrogen-bond acceptors (Lipinski definition) is 4. The fraction of sp³-hybridized carbons (Fsp3) is 0.682. The molecule has 7 heteroatoms. The molecule has 6 nitrogen and oxygen atoms in total. The molecule has 1 aliphatic carbocycles. The van der Waals surface area contributed by atoms with E-state index in [4.69, 9.17) is 0 Å². The maximum atomic E-state index is 13.2. The standard InChI is InChI=1S/C22H35N3O3S/c1-4-25(20-8-6-5-7-9-20)22(26)19(3)23-14-16-24(17-15-23)29(27,28)21-12-10-18(2)11-13-21/h10-13,19-20H,4-9,14-17H2,1-3H3/t19-/m0/s1. The Morgan fingerprint density at radius 3 is 2.21 bits per heavy atom. The van der Waals surface area contributed by atoms with Gasteiger partial charge in [-0.15, -0.1) is 0 Å². The number of piperazine rings is 1.